The van der Waals surface area contributed by atoms with E-state index in [9.17, 15) is 12.8 Å². The van der Waals surface area contributed by atoms with Crippen LogP contribution >= 0.6 is 0 Å². The molecule has 18 heavy (non-hydrogen) atoms. The highest BCUT2D eigenvalue weighted by Crippen LogP contribution is 2.21. The lowest BCUT2D eigenvalue weighted by Gasteiger charge is -2.20. The van der Waals surface area contributed by atoms with Crippen molar-refractivity contribution in [1.29, 1.82) is 0 Å². The molecular weight excluding hydrogens is 261 g/mol. The summed E-state index contributed by atoms with van der Waals surface area (Å²) in [7, 11) is -3.82. The molecule has 1 rings (SSSR count). The smallest absolute Gasteiger partial charge is 0.214 e. The van der Waals surface area contributed by atoms with E-state index < -0.39 is 27.2 Å². The molecule has 0 unspecified atom stereocenters. The summed E-state index contributed by atoms with van der Waals surface area (Å²) in [4.78, 5) is 7.40. The summed E-state index contributed by atoms with van der Waals surface area (Å²) < 4.78 is 40.6. The average Bonchev–Trinajstić information content (AvgIpc) is 2.30. The molecule has 0 fully saturated rings. The van der Waals surface area contributed by atoms with E-state index in [2.05, 4.69) is 16.5 Å². The molecule has 8 heteroatoms. The molecule has 2 N–H and O–H groups in total. The summed E-state index contributed by atoms with van der Waals surface area (Å²) in [6, 6.07) is 0. The minimum Gasteiger partial charge on any atom is -0.365 e. The lowest BCUT2D eigenvalue weighted by molar-refractivity contribution is 0.0668. The van der Waals surface area contributed by atoms with Crippen LogP contribution in [0, 0.1) is 5.82 Å². The van der Waals surface area contributed by atoms with Crippen LogP contribution in [0.25, 0.3) is 0 Å². The van der Waals surface area contributed by atoms with Gasteiger partial charge < -0.3 is 4.74 Å². The Hall–Kier alpha value is -1.38. The second-order valence-corrected chi connectivity index (χ2v) is 5.52. The molecule has 0 saturated heterocycles. The third-order valence-electron chi connectivity index (χ3n) is 2.23. The van der Waals surface area contributed by atoms with Crippen LogP contribution < -0.4 is 5.14 Å². The molecule has 0 amide bonds. The van der Waals surface area contributed by atoms with Crippen molar-refractivity contribution >= 4 is 10.0 Å². The van der Waals surface area contributed by atoms with Crippen molar-refractivity contribution in [2.45, 2.75) is 18.3 Å². The zero-order chi connectivity index (χ0) is 13.8. The number of nitrogens with two attached hydrogens (primary N) is 1. The maximum atomic E-state index is 12.7. The number of ether oxygens (including phenoxy) is 1. The lowest BCUT2D eigenvalue weighted by Crippen LogP contribution is -2.33. The van der Waals surface area contributed by atoms with Crippen LogP contribution in [-0.2, 0) is 14.8 Å². The Kier molecular flexibility index (Phi) is 4.88. The Bertz CT molecular complexity index is 504. The predicted molar refractivity (Wildman–Crippen MR) is 63.4 cm³/mol. The van der Waals surface area contributed by atoms with E-state index in [1.54, 1.807) is 0 Å². The molecule has 6 nitrogen and oxygen atoms in total. The van der Waals surface area contributed by atoms with E-state index in [1.807, 2.05) is 0 Å². The van der Waals surface area contributed by atoms with Gasteiger partial charge in [0.1, 0.15) is 11.4 Å². The number of hydrogen-bond acceptors (Lipinski definition) is 5. The van der Waals surface area contributed by atoms with Crippen molar-refractivity contribution < 1.29 is 17.5 Å². The molecule has 2 atom stereocenters. The summed E-state index contributed by atoms with van der Waals surface area (Å²) in [5.74, 6) is -0.566. The van der Waals surface area contributed by atoms with E-state index in [-0.39, 0.29) is 12.4 Å². The van der Waals surface area contributed by atoms with Crippen LogP contribution in [0.4, 0.5) is 4.39 Å². The molecule has 1 aromatic heterocycles. The number of nitrogens with zero attached hydrogens (tertiary/aromatic N) is 2. The van der Waals surface area contributed by atoms with Gasteiger partial charge in [-0.15, -0.1) is 6.58 Å². The Morgan fingerprint density at radius 3 is 2.56 bits per heavy atom. The average molecular weight is 275 g/mol. The van der Waals surface area contributed by atoms with E-state index >= 15 is 0 Å². The number of rotatable bonds is 6. The summed E-state index contributed by atoms with van der Waals surface area (Å²) in [6.07, 6.45) is 2.34. The van der Waals surface area contributed by atoms with Crippen molar-refractivity contribution in [2.75, 3.05) is 6.61 Å². The molecule has 0 saturated carbocycles. The SMILES string of the molecule is C=CCO[C@@H](c1ncc(F)cn1)[C@H](C)S(N)(=O)=O. The lowest BCUT2D eigenvalue weighted by atomic mass is 10.2. The monoisotopic (exact) mass is 275 g/mol. The standard InChI is InChI=1S/C10H14FN3O3S/c1-3-4-17-9(7(2)18(12,15)16)10-13-5-8(11)6-14-10/h3,5-7,9H,1,4H2,2H3,(H2,12,15,16)/t7-,9+/m0/s1. The first-order chi connectivity index (χ1) is 8.36. The van der Waals surface area contributed by atoms with E-state index in [1.165, 1.54) is 13.0 Å². The van der Waals surface area contributed by atoms with E-state index in [0.717, 1.165) is 12.4 Å². The number of sulfonamides is 1. The highest BCUT2D eigenvalue weighted by atomic mass is 32.2. The third kappa shape index (κ3) is 3.83. The summed E-state index contributed by atoms with van der Waals surface area (Å²) in [5, 5.41) is 4.00. The third-order valence-corrected chi connectivity index (χ3v) is 3.52. The van der Waals surface area contributed by atoms with Gasteiger partial charge >= 0.3 is 0 Å². The van der Waals surface area contributed by atoms with Gasteiger partial charge in [0.25, 0.3) is 0 Å². The van der Waals surface area contributed by atoms with Gasteiger partial charge in [-0.1, -0.05) is 6.08 Å². The zero-order valence-corrected chi connectivity index (χ0v) is 10.6. The molecule has 0 aliphatic heterocycles. The topological polar surface area (TPSA) is 95.2 Å². The summed E-state index contributed by atoms with van der Waals surface area (Å²) in [5.41, 5.74) is 0. The van der Waals surface area contributed by atoms with Gasteiger partial charge in [0.05, 0.1) is 19.0 Å². The first-order valence-corrected chi connectivity index (χ1v) is 6.68. The molecule has 0 spiro atoms. The molecule has 0 bridgehead atoms. The predicted octanol–water partition coefficient (Wildman–Crippen LogP) is 0.536. The quantitative estimate of drug-likeness (QED) is 0.764. The zero-order valence-electron chi connectivity index (χ0n) is 9.78. The van der Waals surface area contributed by atoms with Gasteiger partial charge in [-0.3, -0.25) is 0 Å². The van der Waals surface area contributed by atoms with Crippen molar-refractivity contribution in [3.8, 4) is 0 Å². The Morgan fingerprint density at radius 2 is 2.11 bits per heavy atom. The summed E-state index contributed by atoms with van der Waals surface area (Å²) in [6.45, 7) is 4.93. The van der Waals surface area contributed by atoms with Crippen LogP contribution in [0.15, 0.2) is 25.0 Å². The molecule has 1 heterocycles. The van der Waals surface area contributed by atoms with Crippen LogP contribution in [0.3, 0.4) is 0 Å². The normalized spacial score (nSPS) is 15.1. The van der Waals surface area contributed by atoms with Crippen LogP contribution in [0.2, 0.25) is 0 Å². The highest BCUT2D eigenvalue weighted by Gasteiger charge is 2.30. The molecule has 0 radical (unpaired) electrons. The molecule has 0 aliphatic carbocycles. The Labute approximate surface area is 105 Å². The number of halogens is 1. The number of hydrogen-bond donors (Lipinski definition) is 1. The van der Waals surface area contributed by atoms with Crippen LogP contribution in [-0.4, -0.2) is 30.2 Å². The van der Waals surface area contributed by atoms with Crippen LogP contribution in [0.5, 0.6) is 0 Å². The van der Waals surface area contributed by atoms with E-state index in [4.69, 9.17) is 9.88 Å². The fraction of sp³-hybridized carbons (Fsp3) is 0.400. The van der Waals surface area contributed by atoms with Crippen molar-refractivity contribution in [1.82, 2.24) is 9.97 Å². The maximum absolute atomic E-state index is 12.7. The van der Waals surface area contributed by atoms with Gasteiger partial charge in [-0.05, 0) is 6.92 Å². The Balaban J connectivity index is 3.04. The highest BCUT2D eigenvalue weighted by molar-refractivity contribution is 7.89. The molecule has 100 valence electrons. The maximum Gasteiger partial charge on any atom is 0.214 e. The van der Waals surface area contributed by atoms with E-state index in [0.29, 0.717) is 0 Å². The van der Waals surface area contributed by atoms with Crippen molar-refractivity contribution in [2.24, 2.45) is 5.14 Å². The molecule has 0 aliphatic rings. The van der Waals surface area contributed by atoms with Gasteiger partial charge in [0.15, 0.2) is 11.6 Å². The number of primary sulfonamides is 1. The fourth-order valence-electron chi connectivity index (χ4n) is 1.23. The Morgan fingerprint density at radius 1 is 1.56 bits per heavy atom. The molecular formula is C10H14FN3O3S. The minimum atomic E-state index is -3.82. The largest absolute Gasteiger partial charge is 0.365 e. The van der Waals surface area contributed by atoms with Crippen molar-refractivity contribution in [3.05, 3.63) is 36.7 Å². The number of aromatic nitrogens is 2. The van der Waals surface area contributed by atoms with Gasteiger partial charge in [-0.25, -0.2) is 27.9 Å². The van der Waals surface area contributed by atoms with Gasteiger partial charge in [0, 0.05) is 0 Å². The van der Waals surface area contributed by atoms with Gasteiger partial charge in [0.2, 0.25) is 10.0 Å². The minimum absolute atomic E-state index is 0.0553. The molecule has 0 aromatic carbocycles. The second kappa shape index (κ2) is 5.98. The second-order valence-electron chi connectivity index (χ2n) is 3.60. The van der Waals surface area contributed by atoms with Crippen molar-refractivity contribution in [3.63, 3.8) is 0 Å². The molecule has 1 aromatic rings. The van der Waals surface area contributed by atoms with Gasteiger partial charge in [-0.2, -0.15) is 0 Å². The first kappa shape index (κ1) is 14.7. The van der Waals surface area contributed by atoms with Crippen LogP contribution in [0.1, 0.15) is 18.9 Å². The fourth-order valence-corrected chi connectivity index (χ4v) is 1.78. The first-order valence-electron chi connectivity index (χ1n) is 5.07. The summed E-state index contributed by atoms with van der Waals surface area (Å²) >= 11 is 0.